The molecule has 0 saturated carbocycles. The Balaban J connectivity index is 1.58. The first-order valence-electron chi connectivity index (χ1n) is 11.7. The second-order valence-corrected chi connectivity index (χ2v) is 10.3. The van der Waals surface area contributed by atoms with Crippen LogP contribution in [0.4, 0.5) is 11.4 Å². The summed E-state index contributed by atoms with van der Waals surface area (Å²) < 4.78 is 5.85. The molecule has 4 rings (SSSR count). The number of halogens is 1. The summed E-state index contributed by atoms with van der Waals surface area (Å²) in [6, 6.07) is 16.7. The number of rotatable bonds is 9. The van der Waals surface area contributed by atoms with Crippen LogP contribution in [0.2, 0.25) is 5.02 Å². The first-order valence-corrected chi connectivity index (χ1v) is 12.9. The number of carbonyl (C=O) groups is 2. The van der Waals surface area contributed by atoms with Crippen molar-refractivity contribution in [3.63, 3.8) is 0 Å². The average molecular weight is 512 g/mol. The van der Waals surface area contributed by atoms with Gasteiger partial charge in [0.15, 0.2) is 0 Å². The summed E-state index contributed by atoms with van der Waals surface area (Å²) in [6.07, 6.45) is 2.39. The lowest BCUT2D eigenvalue weighted by Gasteiger charge is -2.28. The molecule has 1 N–H and O–H groups in total. The van der Waals surface area contributed by atoms with Crippen LogP contribution in [0, 0.1) is 0 Å². The molecule has 6 nitrogen and oxygen atoms in total. The third kappa shape index (κ3) is 6.63. The molecule has 1 aliphatic rings. The highest BCUT2D eigenvalue weighted by atomic mass is 35.5. The van der Waals surface area contributed by atoms with Gasteiger partial charge >= 0.3 is 0 Å². The Morgan fingerprint density at radius 2 is 1.97 bits per heavy atom. The van der Waals surface area contributed by atoms with Crippen molar-refractivity contribution in [1.82, 2.24) is 4.90 Å². The number of amides is 2. The molecule has 1 aromatic heterocycles. The number of hydrogen-bond donors (Lipinski definition) is 1. The summed E-state index contributed by atoms with van der Waals surface area (Å²) in [4.78, 5) is 31.1. The first kappa shape index (κ1) is 25.2. The Morgan fingerprint density at radius 3 is 2.66 bits per heavy atom. The summed E-state index contributed by atoms with van der Waals surface area (Å²) in [5.41, 5.74) is 3.00. The second-order valence-electron chi connectivity index (χ2n) is 8.84. The van der Waals surface area contributed by atoms with Gasteiger partial charge in [-0.1, -0.05) is 29.8 Å². The van der Waals surface area contributed by atoms with E-state index in [2.05, 4.69) is 5.32 Å². The molecule has 2 aromatic carbocycles. The number of anilines is 2. The van der Waals surface area contributed by atoms with Crippen molar-refractivity contribution in [1.29, 1.82) is 0 Å². The number of benzene rings is 2. The van der Waals surface area contributed by atoms with Crippen LogP contribution in [0.3, 0.4) is 0 Å². The third-order valence-corrected chi connectivity index (χ3v) is 7.21. The maximum atomic E-state index is 13.3. The van der Waals surface area contributed by atoms with E-state index >= 15 is 0 Å². The number of ether oxygens (including phenoxy) is 1. The standard InChI is InChI=1S/C27H30ClN3O3S/c1-30(2)25-12-11-20(29-27(33)23-9-3-4-10-24(23)28)15-19(25)17-31(18-21-7-5-13-34-21)26(32)16-22-8-6-14-35-22/h3-4,6,8-12,14-15,21H,5,7,13,16-18H2,1-2H3,(H,29,33). The van der Waals surface area contributed by atoms with Crippen molar-refractivity contribution in [2.45, 2.75) is 31.9 Å². The summed E-state index contributed by atoms with van der Waals surface area (Å²) in [7, 11) is 3.94. The van der Waals surface area contributed by atoms with E-state index in [1.165, 1.54) is 0 Å². The molecule has 1 atom stereocenters. The van der Waals surface area contributed by atoms with Crippen molar-refractivity contribution in [3.8, 4) is 0 Å². The fourth-order valence-corrected chi connectivity index (χ4v) is 5.16. The minimum absolute atomic E-state index is 0.0493. The van der Waals surface area contributed by atoms with Crippen molar-refractivity contribution in [3.05, 3.63) is 81.0 Å². The zero-order valence-corrected chi connectivity index (χ0v) is 21.6. The molecule has 184 valence electrons. The van der Waals surface area contributed by atoms with Gasteiger partial charge in [0.25, 0.3) is 5.91 Å². The van der Waals surface area contributed by atoms with Crippen molar-refractivity contribution >= 4 is 46.1 Å². The van der Waals surface area contributed by atoms with Gasteiger partial charge in [-0.2, -0.15) is 0 Å². The van der Waals surface area contributed by atoms with E-state index in [1.54, 1.807) is 35.6 Å². The maximum Gasteiger partial charge on any atom is 0.257 e. The average Bonchev–Trinajstić information content (AvgIpc) is 3.53. The van der Waals surface area contributed by atoms with E-state index in [-0.39, 0.29) is 17.9 Å². The highest BCUT2D eigenvalue weighted by molar-refractivity contribution is 7.10. The Kier molecular flexibility index (Phi) is 8.44. The molecule has 2 amide bonds. The maximum absolute atomic E-state index is 13.3. The van der Waals surface area contributed by atoms with Crippen LogP contribution >= 0.6 is 22.9 Å². The molecule has 3 aromatic rings. The Morgan fingerprint density at radius 1 is 1.14 bits per heavy atom. The number of nitrogens with zero attached hydrogens (tertiary/aromatic N) is 2. The minimum atomic E-state index is -0.274. The van der Waals surface area contributed by atoms with E-state index in [1.807, 2.05) is 59.6 Å². The van der Waals surface area contributed by atoms with E-state index in [0.29, 0.717) is 35.8 Å². The third-order valence-electron chi connectivity index (χ3n) is 6.01. The molecule has 1 fully saturated rings. The van der Waals surface area contributed by atoms with Gasteiger partial charge in [-0.3, -0.25) is 9.59 Å². The van der Waals surface area contributed by atoms with Gasteiger partial charge in [-0.25, -0.2) is 0 Å². The lowest BCUT2D eigenvalue weighted by molar-refractivity contribution is -0.132. The highest BCUT2D eigenvalue weighted by Gasteiger charge is 2.24. The number of carbonyl (C=O) groups excluding carboxylic acids is 2. The Labute approximate surface area is 215 Å². The number of nitrogens with one attached hydrogen (secondary N) is 1. The van der Waals surface area contributed by atoms with Crippen molar-refractivity contribution in [2.24, 2.45) is 0 Å². The van der Waals surface area contributed by atoms with Gasteiger partial charge in [0.05, 0.1) is 23.1 Å². The molecule has 1 saturated heterocycles. The minimum Gasteiger partial charge on any atom is -0.377 e. The molecule has 35 heavy (non-hydrogen) atoms. The van der Waals surface area contributed by atoms with Crippen LogP contribution in [-0.4, -0.2) is 50.1 Å². The summed E-state index contributed by atoms with van der Waals surface area (Å²) in [6.45, 7) is 1.71. The zero-order chi connectivity index (χ0) is 24.8. The highest BCUT2D eigenvalue weighted by Crippen LogP contribution is 2.27. The predicted molar refractivity (Wildman–Crippen MR) is 143 cm³/mol. The molecule has 1 aliphatic heterocycles. The lowest BCUT2D eigenvalue weighted by atomic mass is 10.1. The summed E-state index contributed by atoms with van der Waals surface area (Å²) >= 11 is 7.79. The van der Waals surface area contributed by atoms with E-state index in [9.17, 15) is 9.59 Å². The normalized spacial score (nSPS) is 15.1. The zero-order valence-electron chi connectivity index (χ0n) is 20.0. The fraction of sp³-hybridized carbons (Fsp3) is 0.333. The van der Waals surface area contributed by atoms with Crippen molar-refractivity contribution in [2.75, 3.05) is 37.5 Å². The van der Waals surface area contributed by atoms with Crippen LogP contribution in [-0.2, 0) is 22.5 Å². The van der Waals surface area contributed by atoms with Crippen LogP contribution in [0.25, 0.3) is 0 Å². The van der Waals surface area contributed by atoms with Gasteiger partial charge in [-0.15, -0.1) is 11.3 Å². The van der Waals surface area contributed by atoms with Crippen molar-refractivity contribution < 1.29 is 14.3 Å². The number of hydrogen-bond acceptors (Lipinski definition) is 5. The van der Waals surface area contributed by atoms with Gasteiger partial charge in [0.2, 0.25) is 5.91 Å². The molecule has 2 heterocycles. The quantitative estimate of drug-likeness (QED) is 0.414. The molecule has 0 bridgehead atoms. The molecular weight excluding hydrogens is 482 g/mol. The second kappa shape index (κ2) is 11.7. The molecule has 0 radical (unpaired) electrons. The smallest absolute Gasteiger partial charge is 0.257 e. The summed E-state index contributed by atoms with van der Waals surface area (Å²) in [5.74, 6) is -0.206. The van der Waals surface area contributed by atoms with E-state index < -0.39 is 0 Å². The van der Waals surface area contributed by atoms with Crippen LogP contribution in [0.5, 0.6) is 0 Å². The van der Waals surface area contributed by atoms with Gasteiger partial charge in [0, 0.05) is 50.0 Å². The Bertz CT molecular complexity index is 1160. The Hall–Kier alpha value is -2.87. The first-order chi connectivity index (χ1) is 16.9. The lowest BCUT2D eigenvalue weighted by Crippen LogP contribution is -2.38. The van der Waals surface area contributed by atoms with Gasteiger partial charge in [0.1, 0.15) is 0 Å². The molecule has 0 aliphatic carbocycles. The molecule has 0 spiro atoms. The number of thiophene rings is 1. The SMILES string of the molecule is CN(C)c1ccc(NC(=O)c2ccccc2Cl)cc1CN(CC1CCCO1)C(=O)Cc1cccs1. The predicted octanol–water partition coefficient (Wildman–Crippen LogP) is 5.47. The summed E-state index contributed by atoms with van der Waals surface area (Å²) in [5, 5.41) is 5.34. The van der Waals surface area contributed by atoms with E-state index in [0.717, 1.165) is 35.6 Å². The van der Waals surface area contributed by atoms with E-state index in [4.69, 9.17) is 16.3 Å². The van der Waals surface area contributed by atoms with Crippen LogP contribution in [0.15, 0.2) is 60.0 Å². The van der Waals surface area contributed by atoms with Crippen LogP contribution in [0.1, 0.15) is 33.6 Å². The molecule has 1 unspecified atom stereocenters. The van der Waals surface area contributed by atoms with Crippen LogP contribution < -0.4 is 10.2 Å². The van der Waals surface area contributed by atoms with Gasteiger partial charge in [-0.05, 0) is 60.2 Å². The molecule has 8 heteroatoms. The largest absolute Gasteiger partial charge is 0.377 e. The molecular formula is C27H30ClN3O3S. The van der Waals surface area contributed by atoms with Gasteiger partial charge < -0.3 is 19.9 Å². The monoisotopic (exact) mass is 511 g/mol. The fourth-order valence-electron chi connectivity index (χ4n) is 4.24. The topological polar surface area (TPSA) is 61.9 Å².